The predicted molar refractivity (Wildman–Crippen MR) is 104 cm³/mol. The van der Waals surface area contributed by atoms with Crippen LogP contribution in [-0.2, 0) is 12.8 Å². The van der Waals surface area contributed by atoms with Gasteiger partial charge in [0.1, 0.15) is 5.75 Å². The second-order valence-electron chi connectivity index (χ2n) is 6.42. The van der Waals surface area contributed by atoms with Crippen LogP contribution < -0.4 is 4.74 Å². The van der Waals surface area contributed by atoms with Crippen molar-refractivity contribution in [1.82, 2.24) is 0 Å². The summed E-state index contributed by atoms with van der Waals surface area (Å²) in [6, 6.07) is 15.5. The van der Waals surface area contributed by atoms with Gasteiger partial charge in [-0.15, -0.1) is 11.3 Å². The number of nitro benzene ring substituents is 1. The number of hydrogen-bond acceptors (Lipinski definition) is 5. The highest BCUT2D eigenvalue weighted by Gasteiger charge is 2.27. The maximum atomic E-state index is 13.0. The summed E-state index contributed by atoms with van der Waals surface area (Å²) in [6.45, 7) is 0. The van der Waals surface area contributed by atoms with Gasteiger partial charge in [-0.25, -0.2) is 4.79 Å². The Morgan fingerprint density at radius 2 is 1.70 bits per heavy atom. The zero-order valence-electron chi connectivity index (χ0n) is 14.5. The van der Waals surface area contributed by atoms with E-state index in [1.165, 1.54) is 29.1 Å². The number of benzene rings is 2. The number of esters is 1. The van der Waals surface area contributed by atoms with E-state index in [2.05, 4.69) is 0 Å². The molecule has 0 saturated heterocycles. The molecule has 0 radical (unpaired) electrons. The summed E-state index contributed by atoms with van der Waals surface area (Å²) in [5, 5.41) is 10.8. The average Bonchev–Trinajstić information content (AvgIpc) is 3.09. The predicted octanol–water partition coefficient (Wildman–Crippen LogP) is 5.42. The monoisotopic (exact) mass is 379 g/mol. The van der Waals surface area contributed by atoms with Gasteiger partial charge in [-0.05, 0) is 48.9 Å². The summed E-state index contributed by atoms with van der Waals surface area (Å²) in [5.74, 6) is -0.0949. The van der Waals surface area contributed by atoms with Crippen LogP contribution in [0.5, 0.6) is 5.75 Å². The highest BCUT2D eigenvalue weighted by atomic mass is 32.1. The van der Waals surface area contributed by atoms with Crippen LogP contribution in [0.25, 0.3) is 10.4 Å². The molecule has 5 nitrogen and oxygen atoms in total. The van der Waals surface area contributed by atoms with Crippen molar-refractivity contribution in [3.05, 3.63) is 80.7 Å². The van der Waals surface area contributed by atoms with Crippen LogP contribution in [0.4, 0.5) is 5.69 Å². The summed E-state index contributed by atoms with van der Waals surface area (Å²) >= 11 is 1.67. The Morgan fingerprint density at radius 1 is 1.00 bits per heavy atom. The number of carbonyl (C=O) groups excluding carboxylic acids is 1. The highest BCUT2D eigenvalue weighted by molar-refractivity contribution is 7.16. The van der Waals surface area contributed by atoms with Crippen molar-refractivity contribution in [2.24, 2.45) is 0 Å². The smallest absolute Gasteiger partial charge is 0.345 e. The Labute approximate surface area is 160 Å². The molecule has 1 heterocycles. The minimum absolute atomic E-state index is 0.0345. The lowest BCUT2D eigenvalue weighted by atomic mass is 9.94. The average molecular weight is 379 g/mol. The van der Waals surface area contributed by atoms with Crippen molar-refractivity contribution < 1.29 is 14.5 Å². The fourth-order valence-corrected chi connectivity index (χ4v) is 4.75. The molecule has 0 atom stereocenters. The van der Waals surface area contributed by atoms with Gasteiger partial charge in [0.2, 0.25) is 0 Å². The van der Waals surface area contributed by atoms with Crippen LogP contribution >= 0.6 is 11.3 Å². The SMILES string of the molecule is O=C(Oc1ccc([N+](=O)[O-])cc1)c1c(-c2ccccc2)sc2c1CCCC2. The Morgan fingerprint density at radius 3 is 2.41 bits per heavy atom. The van der Waals surface area contributed by atoms with E-state index >= 15 is 0 Å². The number of carbonyl (C=O) groups is 1. The van der Waals surface area contributed by atoms with Gasteiger partial charge >= 0.3 is 5.97 Å². The van der Waals surface area contributed by atoms with E-state index in [9.17, 15) is 14.9 Å². The molecule has 0 bridgehead atoms. The summed E-state index contributed by atoms with van der Waals surface area (Å²) in [7, 11) is 0. The number of fused-ring (bicyclic) bond motifs is 1. The molecular weight excluding hydrogens is 362 g/mol. The molecule has 0 amide bonds. The van der Waals surface area contributed by atoms with E-state index < -0.39 is 10.9 Å². The van der Waals surface area contributed by atoms with Crippen molar-refractivity contribution >= 4 is 23.0 Å². The van der Waals surface area contributed by atoms with Gasteiger partial charge in [-0.3, -0.25) is 10.1 Å². The lowest BCUT2D eigenvalue weighted by Gasteiger charge is -2.12. The maximum absolute atomic E-state index is 13.0. The maximum Gasteiger partial charge on any atom is 0.345 e. The molecule has 3 aromatic rings. The van der Waals surface area contributed by atoms with Crippen LogP contribution in [0, 0.1) is 10.1 Å². The lowest BCUT2D eigenvalue weighted by molar-refractivity contribution is -0.384. The molecule has 1 aliphatic rings. The third-order valence-corrected chi connectivity index (χ3v) is 6.01. The second-order valence-corrected chi connectivity index (χ2v) is 7.53. The molecule has 0 fully saturated rings. The fourth-order valence-electron chi connectivity index (χ4n) is 3.37. The van der Waals surface area contributed by atoms with Crippen molar-refractivity contribution in [3.8, 4) is 16.2 Å². The molecule has 6 heteroatoms. The van der Waals surface area contributed by atoms with Gasteiger partial charge in [0.05, 0.1) is 10.5 Å². The molecular formula is C21H17NO4S. The van der Waals surface area contributed by atoms with Gasteiger partial charge in [-0.1, -0.05) is 30.3 Å². The van der Waals surface area contributed by atoms with Crippen molar-refractivity contribution in [2.75, 3.05) is 0 Å². The molecule has 0 N–H and O–H groups in total. The zero-order chi connectivity index (χ0) is 18.8. The normalized spacial score (nSPS) is 13.0. The van der Waals surface area contributed by atoms with E-state index in [1.54, 1.807) is 11.3 Å². The molecule has 136 valence electrons. The van der Waals surface area contributed by atoms with Crippen LogP contribution in [0.2, 0.25) is 0 Å². The topological polar surface area (TPSA) is 69.4 Å². The Kier molecular flexibility index (Phi) is 4.73. The van der Waals surface area contributed by atoms with Crippen molar-refractivity contribution in [2.45, 2.75) is 25.7 Å². The standard InChI is InChI=1S/C21H17NO4S/c23-21(26-16-12-10-15(11-13-16)22(24)25)19-17-8-4-5-9-18(17)27-20(19)14-6-2-1-3-7-14/h1-3,6-7,10-13H,4-5,8-9H2. The molecule has 0 spiro atoms. The van der Waals surface area contributed by atoms with Gasteiger partial charge in [-0.2, -0.15) is 0 Å². The highest BCUT2D eigenvalue weighted by Crippen LogP contribution is 2.41. The van der Waals surface area contributed by atoms with Gasteiger partial charge in [0, 0.05) is 21.9 Å². The summed E-state index contributed by atoms with van der Waals surface area (Å²) in [4.78, 5) is 25.5. The first-order chi connectivity index (χ1) is 13.1. The van der Waals surface area contributed by atoms with E-state index in [-0.39, 0.29) is 5.69 Å². The number of nitrogens with zero attached hydrogens (tertiary/aromatic N) is 1. The van der Waals surface area contributed by atoms with E-state index in [0.29, 0.717) is 11.3 Å². The number of rotatable bonds is 4. The number of aryl methyl sites for hydroxylation is 1. The Hall–Kier alpha value is -2.99. The third-order valence-electron chi connectivity index (χ3n) is 4.67. The van der Waals surface area contributed by atoms with Crippen LogP contribution in [0.1, 0.15) is 33.6 Å². The van der Waals surface area contributed by atoms with E-state index in [1.807, 2.05) is 30.3 Å². The number of ether oxygens (including phenoxy) is 1. The molecule has 2 aromatic carbocycles. The number of non-ortho nitro benzene ring substituents is 1. The summed E-state index contributed by atoms with van der Waals surface area (Å²) in [5.41, 5.74) is 2.71. The molecule has 0 aliphatic heterocycles. The first kappa shape index (κ1) is 17.4. The summed E-state index contributed by atoms with van der Waals surface area (Å²) < 4.78 is 5.57. The number of nitro groups is 1. The molecule has 4 rings (SSSR count). The van der Waals surface area contributed by atoms with Crippen molar-refractivity contribution in [1.29, 1.82) is 0 Å². The van der Waals surface area contributed by atoms with Crippen LogP contribution in [0.3, 0.4) is 0 Å². The molecule has 0 unspecified atom stereocenters. The first-order valence-electron chi connectivity index (χ1n) is 8.80. The first-order valence-corrected chi connectivity index (χ1v) is 9.62. The minimum Gasteiger partial charge on any atom is -0.423 e. The quantitative estimate of drug-likeness (QED) is 0.263. The van der Waals surface area contributed by atoms with Crippen LogP contribution in [-0.4, -0.2) is 10.9 Å². The minimum atomic E-state index is -0.478. The molecule has 1 aromatic heterocycles. The Bertz CT molecular complexity index is 993. The largest absolute Gasteiger partial charge is 0.423 e. The van der Waals surface area contributed by atoms with Crippen molar-refractivity contribution in [3.63, 3.8) is 0 Å². The zero-order valence-corrected chi connectivity index (χ0v) is 15.3. The summed E-state index contributed by atoms with van der Waals surface area (Å²) in [6.07, 6.45) is 4.07. The molecule has 27 heavy (non-hydrogen) atoms. The van der Waals surface area contributed by atoms with Gasteiger partial charge < -0.3 is 4.74 Å². The van der Waals surface area contributed by atoms with E-state index in [0.717, 1.165) is 41.7 Å². The third kappa shape index (κ3) is 3.48. The molecule has 0 saturated carbocycles. The lowest BCUT2D eigenvalue weighted by Crippen LogP contribution is -2.13. The second kappa shape index (κ2) is 7.32. The van der Waals surface area contributed by atoms with Gasteiger partial charge in [0.15, 0.2) is 0 Å². The number of hydrogen-bond donors (Lipinski definition) is 0. The van der Waals surface area contributed by atoms with Gasteiger partial charge in [0.25, 0.3) is 5.69 Å². The van der Waals surface area contributed by atoms with E-state index in [4.69, 9.17) is 4.74 Å². The van der Waals surface area contributed by atoms with Crippen LogP contribution in [0.15, 0.2) is 54.6 Å². The Balaban J connectivity index is 1.70. The number of thiophene rings is 1. The molecule has 1 aliphatic carbocycles. The fraction of sp³-hybridized carbons (Fsp3) is 0.190.